The lowest BCUT2D eigenvalue weighted by Crippen LogP contribution is -2.36. The van der Waals surface area contributed by atoms with Crippen molar-refractivity contribution in [3.8, 4) is 11.4 Å². The van der Waals surface area contributed by atoms with E-state index in [9.17, 15) is 9.59 Å². The van der Waals surface area contributed by atoms with Crippen LogP contribution in [-0.4, -0.2) is 36.5 Å². The van der Waals surface area contributed by atoms with Gasteiger partial charge in [0.1, 0.15) is 0 Å². The van der Waals surface area contributed by atoms with Gasteiger partial charge >= 0.3 is 0 Å². The van der Waals surface area contributed by atoms with E-state index in [4.69, 9.17) is 0 Å². The summed E-state index contributed by atoms with van der Waals surface area (Å²) in [5.74, 6) is 1.13. The zero-order valence-electron chi connectivity index (χ0n) is 19.0. The minimum Gasteiger partial charge on any atom is -0.338 e. The van der Waals surface area contributed by atoms with E-state index in [2.05, 4.69) is 22.2 Å². The topological polar surface area (TPSA) is 72.5 Å². The van der Waals surface area contributed by atoms with Gasteiger partial charge in [-0.05, 0) is 37.8 Å². The molecule has 2 aromatic heterocycles. The normalized spacial score (nSPS) is 13.3. The molecule has 2 aromatic carbocycles. The van der Waals surface area contributed by atoms with Crippen LogP contribution < -0.4 is 5.56 Å². The number of amides is 1. The number of hydrogen-bond donors (Lipinski definition) is 0. The Balaban J connectivity index is 1.42. The smallest absolute Gasteiger partial charge is 0.279 e. The van der Waals surface area contributed by atoms with Crippen molar-refractivity contribution in [2.24, 2.45) is 0 Å². The summed E-state index contributed by atoms with van der Waals surface area (Å²) in [6.07, 6.45) is 1.56. The number of hydrogen-bond acceptors (Lipinski definition) is 4. The number of carbonyl (C=O) groups excluding carboxylic acids is 1. The van der Waals surface area contributed by atoms with Gasteiger partial charge in [-0.15, -0.1) is 5.10 Å². The Hall–Kier alpha value is -3.74. The molecule has 1 amide bonds. The van der Waals surface area contributed by atoms with Gasteiger partial charge < -0.3 is 9.47 Å². The highest BCUT2D eigenvalue weighted by Crippen LogP contribution is 2.20. The maximum atomic E-state index is 13.3. The summed E-state index contributed by atoms with van der Waals surface area (Å²) < 4.78 is 3.38. The van der Waals surface area contributed by atoms with Crippen molar-refractivity contribution in [1.29, 1.82) is 0 Å². The fraction of sp³-hybridized carbons (Fsp3) is 0.308. The molecule has 0 spiro atoms. The first kappa shape index (κ1) is 21.1. The molecule has 1 aliphatic heterocycles. The van der Waals surface area contributed by atoms with Gasteiger partial charge in [0.05, 0.1) is 0 Å². The van der Waals surface area contributed by atoms with Crippen LogP contribution in [-0.2, 0) is 30.7 Å². The Labute approximate surface area is 192 Å². The molecule has 4 aromatic rings. The summed E-state index contributed by atoms with van der Waals surface area (Å²) in [5, 5.41) is 4.51. The molecule has 0 aliphatic carbocycles. The van der Waals surface area contributed by atoms with Crippen LogP contribution in [0.4, 0.5) is 0 Å². The van der Waals surface area contributed by atoms with Crippen LogP contribution in [0.1, 0.15) is 35.7 Å². The van der Waals surface area contributed by atoms with Crippen molar-refractivity contribution < 1.29 is 4.79 Å². The molecule has 0 unspecified atom stereocenters. The Morgan fingerprint density at radius 3 is 2.52 bits per heavy atom. The van der Waals surface area contributed by atoms with Crippen LogP contribution in [0.5, 0.6) is 0 Å². The number of fused-ring (bicyclic) bond motifs is 2. The number of aromatic nitrogens is 4. The lowest BCUT2D eigenvalue weighted by Gasteiger charge is -2.29. The van der Waals surface area contributed by atoms with E-state index in [0.29, 0.717) is 43.1 Å². The number of aryl methyl sites for hydroxylation is 1. The lowest BCUT2D eigenvalue weighted by molar-refractivity contribution is -0.132. The van der Waals surface area contributed by atoms with Crippen LogP contribution in [0.3, 0.4) is 0 Å². The van der Waals surface area contributed by atoms with Gasteiger partial charge in [-0.25, -0.2) is 0 Å². The Morgan fingerprint density at radius 2 is 1.76 bits per heavy atom. The van der Waals surface area contributed by atoms with E-state index in [1.165, 1.54) is 15.6 Å². The molecular weight excluding hydrogens is 414 g/mol. The van der Waals surface area contributed by atoms with E-state index < -0.39 is 0 Å². The quantitative estimate of drug-likeness (QED) is 0.476. The first-order valence-corrected chi connectivity index (χ1v) is 11.5. The van der Waals surface area contributed by atoms with Gasteiger partial charge in [0.25, 0.3) is 5.56 Å². The molecule has 0 bridgehead atoms. The predicted molar refractivity (Wildman–Crippen MR) is 127 cm³/mol. The molecule has 5 rings (SSSR count). The lowest BCUT2D eigenvalue weighted by atomic mass is 9.99. The Bertz CT molecular complexity index is 1390. The summed E-state index contributed by atoms with van der Waals surface area (Å²) in [6.45, 7) is 5.96. The molecule has 7 nitrogen and oxygen atoms in total. The second-order valence-electron chi connectivity index (χ2n) is 8.46. The van der Waals surface area contributed by atoms with E-state index in [0.717, 1.165) is 24.2 Å². The van der Waals surface area contributed by atoms with Crippen LogP contribution >= 0.6 is 0 Å². The largest absolute Gasteiger partial charge is 0.338 e. The van der Waals surface area contributed by atoms with Gasteiger partial charge in [0.15, 0.2) is 5.82 Å². The molecule has 0 saturated heterocycles. The first-order valence-electron chi connectivity index (χ1n) is 11.5. The van der Waals surface area contributed by atoms with Crippen LogP contribution in [0, 0.1) is 6.92 Å². The Kier molecular flexibility index (Phi) is 5.54. The first-order chi connectivity index (χ1) is 16.1. The van der Waals surface area contributed by atoms with E-state index in [-0.39, 0.29) is 11.5 Å². The third-order valence-corrected chi connectivity index (χ3v) is 6.54. The van der Waals surface area contributed by atoms with E-state index >= 15 is 0 Å². The molecule has 0 atom stereocenters. The fourth-order valence-electron chi connectivity index (χ4n) is 4.68. The van der Waals surface area contributed by atoms with Crippen molar-refractivity contribution >= 4 is 11.7 Å². The average Bonchev–Trinajstić information content (AvgIpc) is 3.30. The van der Waals surface area contributed by atoms with Gasteiger partial charge in [-0.2, -0.15) is 9.50 Å². The van der Waals surface area contributed by atoms with E-state index in [1.807, 2.05) is 65.8 Å². The molecular formula is C26H27N5O2. The Morgan fingerprint density at radius 1 is 1.03 bits per heavy atom. The number of rotatable bonds is 5. The van der Waals surface area contributed by atoms with Crippen molar-refractivity contribution in [2.75, 3.05) is 6.54 Å². The molecule has 0 N–H and O–H groups in total. The second kappa shape index (κ2) is 8.65. The maximum Gasteiger partial charge on any atom is 0.279 e. The van der Waals surface area contributed by atoms with Crippen molar-refractivity contribution in [3.63, 3.8) is 0 Å². The summed E-state index contributed by atoms with van der Waals surface area (Å²) in [7, 11) is 0. The predicted octanol–water partition coefficient (Wildman–Crippen LogP) is 3.40. The number of nitrogens with zero attached hydrogens (tertiary/aromatic N) is 5. The van der Waals surface area contributed by atoms with Crippen molar-refractivity contribution in [3.05, 3.63) is 87.3 Å². The van der Waals surface area contributed by atoms with Gasteiger partial charge in [-0.3, -0.25) is 9.59 Å². The minimum atomic E-state index is -0.196. The summed E-state index contributed by atoms with van der Waals surface area (Å²) in [5.41, 5.74) is 4.66. The van der Waals surface area contributed by atoms with Crippen molar-refractivity contribution in [2.45, 2.75) is 46.2 Å². The monoisotopic (exact) mass is 441 g/mol. The molecule has 33 heavy (non-hydrogen) atoms. The van der Waals surface area contributed by atoms with Gasteiger partial charge in [-0.1, -0.05) is 54.6 Å². The van der Waals surface area contributed by atoms with Gasteiger partial charge in [0.2, 0.25) is 11.7 Å². The molecule has 0 fully saturated rings. The standard InChI is InChI=1S/C26H27N5O2/c1-3-30-18(2)22(13-14-23(32)29-16-15-19-9-7-8-12-21(19)17-29)25(33)31-26(30)27-24(28-31)20-10-5-4-6-11-20/h4-12H,3,13-17H2,1-2H3. The molecule has 0 radical (unpaired) electrons. The molecule has 168 valence electrons. The van der Waals surface area contributed by atoms with E-state index in [1.54, 1.807) is 0 Å². The van der Waals surface area contributed by atoms with Crippen molar-refractivity contribution in [1.82, 2.24) is 24.1 Å². The van der Waals surface area contributed by atoms with Crippen LogP contribution in [0.15, 0.2) is 59.4 Å². The summed E-state index contributed by atoms with van der Waals surface area (Å²) in [6, 6.07) is 17.9. The third kappa shape index (κ3) is 3.84. The fourth-order valence-corrected chi connectivity index (χ4v) is 4.68. The number of carbonyl (C=O) groups is 1. The van der Waals surface area contributed by atoms with Crippen LogP contribution in [0.2, 0.25) is 0 Å². The molecule has 7 heteroatoms. The molecule has 1 aliphatic rings. The average molecular weight is 442 g/mol. The number of benzene rings is 2. The SMILES string of the molecule is CCn1c(C)c(CCC(=O)N2CCc3ccccc3C2)c(=O)n2nc(-c3ccccc3)nc12. The maximum absolute atomic E-state index is 13.3. The minimum absolute atomic E-state index is 0.0787. The highest BCUT2D eigenvalue weighted by molar-refractivity contribution is 5.77. The molecule has 0 saturated carbocycles. The van der Waals surface area contributed by atoms with Crippen LogP contribution in [0.25, 0.3) is 17.2 Å². The zero-order valence-corrected chi connectivity index (χ0v) is 19.0. The molecule has 3 heterocycles. The zero-order chi connectivity index (χ0) is 22.9. The second-order valence-corrected chi connectivity index (χ2v) is 8.46. The summed E-state index contributed by atoms with van der Waals surface area (Å²) >= 11 is 0. The van der Waals surface area contributed by atoms with Gasteiger partial charge in [0, 0.05) is 42.9 Å². The highest BCUT2D eigenvalue weighted by Gasteiger charge is 2.22. The third-order valence-electron chi connectivity index (χ3n) is 6.54. The highest BCUT2D eigenvalue weighted by atomic mass is 16.2. The summed E-state index contributed by atoms with van der Waals surface area (Å²) in [4.78, 5) is 32.9.